The molecule has 0 saturated heterocycles. The molecular formula is C15H12Br3N7. The topological polar surface area (TPSA) is 72.4 Å². The summed E-state index contributed by atoms with van der Waals surface area (Å²) < 4.78 is 6.21. The number of rotatable bonds is 2. The monoisotopic (exact) mass is 527 g/mol. The fourth-order valence-corrected chi connectivity index (χ4v) is 3.82. The van der Waals surface area contributed by atoms with E-state index in [-0.39, 0.29) is 0 Å². The van der Waals surface area contributed by atoms with Gasteiger partial charge < -0.3 is 14.1 Å². The van der Waals surface area contributed by atoms with E-state index in [0.717, 1.165) is 30.9 Å². The molecule has 5 rings (SSSR count). The van der Waals surface area contributed by atoms with E-state index in [9.17, 15) is 0 Å². The van der Waals surface area contributed by atoms with Crippen LogP contribution in [0.5, 0.6) is 0 Å². The minimum absolute atomic E-state index is 0.595. The lowest BCUT2D eigenvalue weighted by Gasteiger charge is -2.05. The van der Waals surface area contributed by atoms with E-state index >= 15 is 0 Å². The molecule has 0 aliphatic heterocycles. The SMILES string of the molecule is Brc1cn2ccnc2c(Br)n1.Brc1cn2ccnc2c(NC2CC2)n1. The van der Waals surface area contributed by atoms with Crippen molar-refractivity contribution in [2.24, 2.45) is 0 Å². The number of halogens is 3. The summed E-state index contributed by atoms with van der Waals surface area (Å²) in [4.78, 5) is 16.8. The molecule has 4 aromatic heterocycles. The Kier molecular flexibility index (Phi) is 4.74. The highest BCUT2D eigenvalue weighted by atomic mass is 79.9. The summed E-state index contributed by atoms with van der Waals surface area (Å²) >= 11 is 9.96. The Morgan fingerprint density at radius 3 is 2.16 bits per heavy atom. The first-order valence-corrected chi connectivity index (χ1v) is 9.88. The molecule has 4 heterocycles. The molecule has 0 bridgehead atoms. The van der Waals surface area contributed by atoms with Crippen LogP contribution in [0.15, 0.2) is 51.0 Å². The molecule has 1 aliphatic carbocycles. The van der Waals surface area contributed by atoms with E-state index < -0.39 is 0 Å². The Bertz CT molecular complexity index is 1040. The Morgan fingerprint density at radius 1 is 0.880 bits per heavy atom. The third kappa shape index (κ3) is 3.85. The van der Waals surface area contributed by atoms with Crippen LogP contribution >= 0.6 is 47.8 Å². The standard InChI is InChI=1S/C9H9BrN4.C6H3Br2N3/c10-7-5-14-4-3-11-9(14)8(13-7)12-6-1-2-6;7-4-3-11-2-1-9-6(11)5(8)10-4/h3-6H,1-2H2,(H,12,13);1-3H. The molecule has 0 spiro atoms. The van der Waals surface area contributed by atoms with Gasteiger partial charge in [-0.1, -0.05) is 0 Å². The van der Waals surface area contributed by atoms with Crippen LogP contribution in [0.4, 0.5) is 5.82 Å². The van der Waals surface area contributed by atoms with Crippen molar-refractivity contribution in [1.82, 2.24) is 28.7 Å². The summed E-state index contributed by atoms with van der Waals surface area (Å²) in [5.74, 6) is 0.867. The third-order valence-electron chi connectivity index (χ3n) is 3.57. The van der Waals surface area contributed by atoms with Crippen molar-refractivity contribution in [2.45, 2.75) is 18.9 Å². The van der Waals surface area contributed by atoms with Gasteiger partial charge in [0.2, 0.25) is 0 Å². The van der Waals surface area contributed by atoms with Gasteiger partial charge in [0, 0.05) is 43.2 Å². The lowest BCUT2D eigenvalue weighted by molar-refractivity contribution is 1.05. The fourth-order valence-electron chi connectivity index (χ4n) is 2.28. The second-order valence-electron chi connectivity index (χ2n) is 5.50. The highest BCUT2D eigenvalue weighted by molar-refractivity contribution is 9.11. The number of nitrogens with zero attached hydrogens (tertiary/aromatic N) is 6. The average Bonchev–Trinajstić information content (AvgIpc) is 3.06. The first kappa shape index (κ1) is 16.9. The van der Waals surface area contributed by atoms with Crippen molar-refractivity contribution in [1.29, 1.82) is 0 Å². The summed E-state index contributed by atoms with van der Waals surface area (Å²) in [5, 5.41) is 3.36. The second kappa shape index (κ2) is 7.00. The van der Waals surface area contributed by atoms with Crippen LogP contribution in [-0.4, -0.2) is 34.8 Å². The lowest BCUT2D eigenvalue weighted by atomic mass is 10.5. The largest absolute Gasteiger partial charge is 0.364 e. The molecule has 4 aromatic rings. The summed E-state index contributed by atoms with van der Waals surface area (Å²) in [7, 11) is 0. The first-order valence-electron chi connectivity index (χ1n) is 7.50. The number of nitrogens with one attached hydrogen (secondary N) is 1. The Labute approximate surface area is 168 Å². The lowest BCUT2D eigenvalue weighted by Crippen LogP contribution is -2.05. The molecule has 0 radical (unpaired) electrons. The van der Waals surface area contributed by atoms with E-state index in [1.54, 1.807) is 12.4 Å². The van der Waals surface area contributed by atoms with Gasteiger partial charge in [0.25, 0.3) is 0 Å². The molecule has 1 N–H and O–H groups in total. The van der Waals surface area contributed by atoms with Gasteiger partial charge in [-0.15, -0.1) is 0 Å². The molecule has 0 aromatic carbocycles. The highest BCUT2D eigenvalue weighted by Crippen LogP contribution is 2.26. The van der Waals surface area contributed by atoms with Gasteiger partial charge in [-0.3, -0.25) is 0 Å². The number of aromatic nitrogens is 6. The molecule has 1 fully saturated rings. The normalized spacial score (nSPS) is 13.7. The molecule has 1 saturated carbocycles. The van der Waals surface area contributed by atoms with Gasteiger partial charge in [0.1, 0.15) is 9.21 Å². The van der Waals surface area contributed by atoms with E-state index in [1.807, 2.05) is 33.6 Å². The van der Waals surface area contributed by atoms with Crippen molar-refractivity contribution in [2.75, 3.05) is 5.32 Å². The number of hydrogen-bond acceptors (Lipinski definition) is 5. The van der Waals surface area contributed by atoms with Crippen LogP contribution in [0.1, 0.15) is 12.8 Å². The van der Waals surface area contributed by atoms with Crippen molar-refractivity contribution < 1.29 is 0 Å². The molecule has 25 heavy (non-hydrogen) atoms. The summed E-state index contributed by atoms with van der Waals surface area (Å²) in [6, 6.07) is 0.595. The highest BCUT2D eigenvalue weighted by Gasteiger charge is 2.22. The van der Waals surface area contributed by atoms with E-state index in [1.165, 1.54) is 12.8 Å². The minimum Gasteiger partial charge on any atom is -0.364 e. The van der Waals surface area contributed by atoms with Gasteiger partial charge in [0.15, 0.2) is 21.7 Å². The third-order valence-corrected chi connectivity index (χ3v) is 4.86. The number of hydrogen-bond donors (Lipinski definition) is 1. The summed E-state index contributed by atoms with van der Waals surface area (Å²) in [5.41, 5.74) is 1.72. The van der Waals surface area contributed by atoms with E-state index in [4.69, 9.17) is 0 Å². The first-order chi connectivity index (χ1) is 12.1. The van der Waals surface area contributed by atoms with Crippen LogP contribution < -0.4 is 5.32 Å². The van der Waals surface area contributed by atoms with Crippen LogP contribution in [0.3, 0.4) is 0 Å². The molecule has 10 heteroatoms. The molecule has 7 nitrogen and oxygen atoms in total. The van der Waals surface area contributed by atoms with E-state index in [0.29, 0.717) is 6.04 Å². The Hall–Kier alpha value is -1.52. The van der Waals surface area contributed by atoms with Gasteiger partial charge in [-0.25, -0.2) is 19.9 Å². The molecule has 0 unspecified atom stereocenters. The maximum atomic E-state index is 4.38. The zero-order chi connectivity index (χ0) is 17.4. The predicted octanol–water partition coefficient (Wildman–Crippen LogP) is 4.32. The molecular weight excluding hydrogens is 518 g/mol. The maximum absolute atomic E-state index is 4.38. The van der Waals surface area contributed by atoms with Gasteiger partial charge in [0.05, 0.1) is 0 Å². The minimum atomic E-state index is 0.595. The number of fused-ring (bicyclic) bond motifs is 2. The van der Waals surface area contributed by atoms with Gasteiger partial charge in [-0.05, 0) is 60.6 Å². The summed E-state index contributed by atoms with van der Waals surface area (Å²) in [6.45, 7) is 0. The molecule has 0 atom stereocenters. The van der Waals surface area contributed by atoms with E-state index in [2.05, 4.69) is 73.0 Å². The maximum Gasteiger partial charge on any atom is 0.180 e. The Morgan fingerprint density at radius 2 is 1.48 bits per heavy atom. The Balaban J connectivity index is 0.000000129. The second-order valence-corrected chi connectivity index (χ2v) is 7.88. The molecule has 128 valence electrons. The van der Waals surface area contributed by atoms with Gasteiger partial charge in [-0.2, -0.15) is 0 Å². The fraction of sp³-hybridized carbons (Fsp3) is 0.200. The van der Waals surface area contributed by atoms with Crippen molar-refractivity contribution in [3.8, 4) is 0 Å². The number of anilines is 1. The van der Waals surface area contributed by atoms with Crippen molar-refractivity contribution >= 4 is 64.9 Å². The zero-order valence-corrected chi connectivity index (χ0v) is 17.5. The average molecular weight is 530 g/mol. The van der Waals surface area contributed by atoms with Crippen molar-refractivity contribution in [3.63, 3.8) is 0 Å². The van der Waals surface area contributed by atoms with Crippen LogP contribution in [0, 0.1) is 0 Å². The van der Waals surface area contributed by atoms with Crippen molar-refractivity contribution in [3.05, 3.63) is 51.0 Å². The molecule has 0 amide bonds. The van der Waals surface area contributed by atoms with Crippen LogP contribution in [-0.2, 0) is 0 Å². The summed E-state index contributed by atoms with van der Waals surface area (Å²) in [6.07, 6.45) is 13.5. The van der Waals surface area contributed by atoms with Crippen LogP contribution in [0.25, 0.3) is 11.3 Å². The smallest absolute Gasteiger partial charge is 0.180 e. The molecule has 1 aliphatic rings. The number of imidazole rings is 2. The van der Waals surface area contributed by atoms with Gasteiger partial charge >= 0.3 is 0 Å². The quantitative estimate of drug-likeness (QED) is 0.419. The van der Waals surface area contributed by atoms with Crippen LogP contribution in [0.2, 0.25) is 0 Å². The zero-order valence-electron chi connectivity index (χ0n) is 12.8. The predicted molar refractivity (Wildman–Crippen MR) is 106 cm³/mol.